The van der Waals surface area contributed by atoms with Gasteiger partial charge in [-0.25, -0.2) is 4.79 Å². The second kappa shape index (κ2) is 6.99. The number of hydrogen-bond donors (Lipinski definition) is 0. The highest BCUT2D eigenvalue weighted by Crippen LogP contribution is 2.42. The Hall–Kier alpha value is -2.95. The number of carbonyl (C=O) groups excluding carboxylic acids is 3. The quantitative estimate of drug-likeness (QED) is 0.472. The normalized spacial score (nSPS) is 24.6. The van der Waals surface area contributed by atoms with Crippen molar-refractivity contribution < 1.29 is 19.1 Å². The number of amides is 2. The summed E-state index contributed by atoms with van der Waals surface area (Å²) in [6.45, 7) is 2.13. The zero-order chi connectivity index (χ0) is 19.0. The zero-order valence-corrected chi connectivity index (χ0v) is 15.1. The van der Waals surface area contributed by atoms with Gasteiger partial charge in [-0.05, 0) is 61.6 Å². The SMILES string of the molecule is C[C@@H]1CC[C@H]2C(=O)N(c3ccc(C(=O)Oc4ccccc4)cc3)C(=O)[C@@H]2C1. The summed E-state index contributed by atoms with van der Waals surface area (Å²) in [6.07, 6.45) is 2.53. The molecule has 0 N–H and O–H groups in total. The molecule has 5 nitrogen and oxygen atoms in total. The summed E-state index contributed by atoms with van der Waals surface area (Å²) in [4.78, 5) is 39.0. The molecule has 0 bridgehead atoms. The maximum Gasteiger partial charge on any atom is 0.343 e. The van der Waals surface area contributed by atoms with Crippen molar-refractivity contribution in [3.63, 3.8) is 0 Å². The van der Waals surface area contributed by atoms with Gasteiger partial charge in [-0.15, -0.1) is 0 Å². The summed E-state index contributed by atoms with van der Waals surface area (Å²) in [5.41, 5.74) is 0.885. The highest BCUT2D eigenvalue weighted by atomic mass is 16.5. The van der Waals surface area contributed by atoms with Crippen LogP contribution in [0.4, 0.5) is 5.69 Å². The van der Waals surface area contributed by atoms with E-state index in [1.807, 2.05) is 6.07 Å². The molecule has 1 saturated heterocycles. The number of ether oxygens (including phenoxy) is 1. The van der Waals surface area contributed by atoms with Gasteiger partial charge in [0.15, 0.2) is 0 Å². The topological polar surface area (TPSA) is 63.7 Å². The average molecular weight is 363 g/mol. The van der Waals surface area contributed by atoms with Gasteiger partial charge in [-0.2, -0.15) is 0 Å². The molecule has 0 spiro atoms. The van der Waals surface area contributed by atoms with E-state index in [0.717, 1.165) is 19.3 Å². The molecule has 3 atom stereocenters. The number of hydrogen-bond acceptors (Lipinski definition) is 4. The Bertz CT molecular complexity index is 875. The summed E-state index contributed by atoms with van der Waals surface area (Å²) >= 11 is 0. The van der Waals surface area contributed by atoms with Crippen LogP contribution in [-0.4, -0.2) is 17.8 Å². The van der Waals surface area contributed by atoms with Gasteiger partial charge in [-0.3, -0.25) is 14.5 Å². The lowest BCUT2D eigenvalue weighted by atomic mass is 9.76. The highest BCUT2D eigenvalue weighted by Gasteiger charge is 2.49. The summed E-state index contributed by atoms with van der Waals surface area (Å²) in [5, 5.41) is 0. The minimum atomic E-state index is -0.477. The van der Waals surface area contributed by atoms with Crippen LogP contribution in [0.5, 0.6) is 5.75 Å². The van der Waals surface area contributed by atoms with Gasteiger partial charge in [0.05, 0.1) is 23.1 Å². The van der Waals surface area contributed by atoms with Crippen LogP contribution in [0.1, 0.15) is 36.5 Å². The predicted octanol–water partition coefficient (Wildman–Crippen LogP) is 3.83. The van der Waals surface area contributed by atoms with Crippen LogP contribution < -0.4 is 9.64 Å². The molecule has 2 aromatic carbocycles. The van der Waals surface area contributed by atoms with Crippen LogP contribution in [0, 0.1) is 17.8 Å². The fourth-order valence-corrected chi connectivity index (χ4v) is 4.05. The molecule has 2 aromatic rings. The molecule has 2 aliphatic rings. The molecule has 0 radical (unpaired) electrons. The second-order valence-electron chi connectivity index (χ2n) is 7.39. The molecule has 1 heterocycles. The predicted molar refractivity (Wildman–Crippen MR) is 100 cm³/mol. The Labute approximate surface area is 157 Å². The monoisotopic (exact) mass is 363 g/mol. The lowest BCUT2D eigenvalue weighted by molar-refractivity contribution is -0.122. The van der Waals surface area contributed by atoms with E-state index in [0.29, 0.717) is 22.9 Å². The molecule has 1 aliphatic heterocycles. The Morgan fingerprint density at radius 2 is 1.59 bits per heavy atom. The molecule has 5 heteroatoms. The van der Waals surface area contributed by atoms with E-state index in [2.05, 4.69) is 6.92 Å². The third-order valence-corrected chi connectivity index (χ3v) is 5.50. The number of anilines is 1. The molecule has 1 saturated carbocycles. The van der Waals surface area contributed by atoms with Crippen LogP contribution in [0.2, 0.25) is 0 Å². The zero-order valence-electron chi connectivity index (χ0n) is 15.1. The molecule has 1 aliphatic carbocycles. The van der Waals surface area contributed by atoms with Gasteiger partial charge in [0.25, 0.3) is 0 Å². The summed E-state index contributed by atoms with van der Waals surface area (Å²) in [5.74, 6) is -0.171. The molecule has 27 heavy (non-hydrogen) atoms. The molecular weight excluding hydrogens is 342 g/mol. The van der Waals surface area contributed by atoms with E-state index in [1.165, 1.54) is 4.90 Å². The van der Waals surface area contributed by atoms with E-state index in [-0.39, 0.29) is 23.7 Å². The summed E-state index contributed by atoms with van der Waals surface area (Å²) in [6, 6.07) is 15.3. The van der Waals surface area contributed by atoms with Crippen molar-refractivity contribution in [1.82, 2.24) is 0 Å². The number of carbonyl (C=O) groups is 3. The van der Waals surface area contributed by atoms with Crippen molar-refractivity contribution in [1.29, 1.82) is 0 Å². The van der Waals surface area contributed by atoms with Crippen molar-refractivity contribution >= 4 is 23.5 Å². The van der Waals surface area contributed by atoms with Crippen LogP contribution >= 0.6 is 0 Å². The number of benzene rings is 2. The Kier molecular flexibility index (Phi) is 4.52. The third kappa shape index (κ3) is 3.25. The molecule has 4 rings (SSSR count). The van der Waals surface area contributed by atoms with E-state index < -0.39 is 5.97 Å². The van der Waals surface area contributed by atoms with Crippen molar-refractivity contribution in [3.05, 3.63) is 60.2 Å². The second-order valence-corrected chi connectivity index (χ2v) is 7.39. The van der Waals surface area contributed by atoms with Gasteiger partial charge in [0.2, 0.25) is 11.8 Å². The molecular formula is C22H21NO4. The van der Waals surface area contributed by atoms with Gasteiger partial charge < -0.3 is 4.74 Å². The fraction of sp³-hybridized carbons (Fsp3) is 0.318. The van der Waals surface area contributed by atoms with Crippen LogP contribution in [-0.2, 0) is 9.59 Å². The number of imide groups is 1. The fourth-order valence-electron chi connectivity index (χ4n) is 4.05. The van der Waals surface area contributed by atoms with E-state index in [4.69, 9.17) is 4.74 Å². The van der Waals surface area contributed by atoms with Crippen molar-refractivity contribution in [3.8, 4) is 5.75 Å². The molecule has 0 aromatic heterocycles. The van der Waals surface area contributed by atoms with Crippen molar-refractivity contribution in [2.24, 2.45) is 17.8 Å². The average Bonchev–Trinajstić information content (AvgIpc) is 2.92. The number of nitrogens with zero attached hydrogens (tertiary/aromatic N) is 1. The molecule has 2 fully saturated rings. The van der Waals surface area contributed by atoms with E-state index in [9.17, 15) is 14.4 Å². The van der Waals surface area contributed by atoms with E-state index in [1.54, 1.807) is 48.5 Å². The first-order chi connectivity index (χ1) is 13.0. The Morgan fingerprint density at radius 3 is 2.30 bits per heavy atom. The van der Waals surface area contributed by atoms with Gasteiger partial charge in [0, 0.05) is 0 Å². The Morgan fingerprint density at radius 1 is 0.926 bits per heavy atom. The summed E-state index contributed by atoms with van der Waals surface area (Å²) in [7, 11) is 0. The number of fused-ring (bicyclic) bond motifs is 1. The molecule has 138 valence electrons. The summed E-state index contributed by atoms with van der Waals surface area (Å²) < 4.78 is 5.31. The smallest absolute Gasteiger partial charge is 0.343 e. The number of rotatable bonds is 3. The first-order valence-electron chi connectivity index (χ1n) is 9.29. The van der Waals surface area contributed by atoms with Crippen molar-refractivity contribution in [2.75, 3.05) is 4.90 Å². The highest BCUT2D eigenvalue weighted by molar-refractivity contribution is 6.22. The van der Waals surface area contributed by atoms with Crippen LogP contribution in [0.15, 0.2) is 54.6 Å². The van der Waals surface area contributed by atoms with Gasteiger partial charge in [0.1, 0.15) is 5.75 Å². The maximum absolute atomic E-state index is 12.8. The lowest BCUT2D eigenvalue weighted by Crippen LogP contribution is -2.30. The standard InChI is InChI=1S/C22H21NO4/c1-14-7-12-18-19(13-14)21(25)23(20(18)24)16-10-8-15(9-11-16)22(26)27-17-5-3-2-4-6-17/h2-6,8-11,14,18-19H,7,12-13H2,1H3/t14-,18-,19-/m1/s1. The number of para-hydroxylation sites is 1. The van der Waals surface area contributed by atoms with Gasteiger partial charge in [-0.1, -0.05) is 25.1 Å². The largest absolute Gasteiger partial charge is 0.423 e. The Balaban J connectivity index is 1.51. The van der Waals surface area contributed by atoms with E-state index >= 15 is 0 Å². The van der Waals surface area contributed by atoms with Crippen LogP contribution in [0.3, 0.4) is 0 Å². The van der Waals surface area contributed by atoms with Gasteiger partial charge >= 0.3 is 5.97 Å². The third-order valence-electron chi connectivity index (χ3n) is 5.50. The first kappa shape index (κ1) is 17.5. The first-order valence-corrected chi connectivity index (χ1v) is 9.29. The van der Waals surface area contributed by atoms with Crippen molar-refractivity contribution in [2.45, 2.75) is 26.2 Å². The minimum absolute atomic E-state index is 0.114. The van der Waals surface area contributed by atoms with Crippen LogP contribution in [0.25, 0.3) is 0 Å². The minimum Gasteiger partial charge on any atom is -0.423 e. The number of esters is 1. The molecule has 0 unspecified atom stereocenters. The molecule has 2 amide bonds. The maximum atomic E-state index is 12.8. The lowest BCUT2D eigenvalue weighted by Gasteiger charge is -2.25.